The molecule has 0 aliphatic rings. The lowest BCUT2D eigenvalue weighted by molar-refractivity contribution is -0.115. The molecule has 0 atom stereocenters. The topological polar surface area (TPSA) is 76.7 Å². The van der Waals surface area contributed by atoms with Crippen LogP contribution in [0.5, 0.6) is 5.75 Å². The Morgan fingerprint density at radius 1 is 1.04 bits per heavy atom. The van der Waals surface area contributed by atoms with E-state index in [1.807, 2.05) is 18.2 Å². The molecule has 2 aromatic rings. The average Bonchev–Trinajstić information content (AvgIpc) is 2.62. The summed E-state index contributed by atoms with van der Waals surface area (Å²) in [6.07, 6.45) is 0.316. The van der Waals surface area contributed by atoms with E-state index in [0.29, 0.717) is 36.6 Å². The number of carbonyl (C=O) groups is 2. The summed E-state index contributed by atoms with van der Waals surface area (Å²) in [5, 5.41) is 5.97. The minimum Gasteiger partial charge on any atom is -0.497 e. The molecule has 2 aromatic carbocycles. The van der Waals surface area contributed by atoms with Gasteiger partial charge in [0.05, 0.1) is 19.3 Å². The van der Waals surface area contributed by atoms with Gasteiger partial charge in [0.2, 0.25) is 5.91 Å². The summed E-state index contributed by atoms with van der Waals surface area (Å²) in [4.78, 5) is 23.5. The van der Waals surface area contributed by atoms with Crippen molar-refractivity contribution in [1.29, 1.82) is 0 Å². The fraction of sp³-hybridized carbons (Fsp3) is 0.263. The van der Waals surface area contributed by atoms with Crippen molar-refractivity contribution in [2.24, 2.45) is 0 Å². The number of benzene rings is 2. The Labute approximate surface area is 147 Å². The lowest BCUT2D eigenvalue weighted by Crippen LogP contribution is -2.16. The van der Waals surface area contributed by atoms with Crippen molar-refractivity contribution in [3.05, 3.63) is 54.1 Å². The molecular formula is C19H22N2O4. The van der Waals surface area contributed by atoms with Gasteiger partial charge >= 0.3 is 5.97 Å². The standard InChI is InChI=1S/C19H22N2O4/c1-3-25-19(23)14-7-9-15(10-8-14)20-12-11-18(22)21-16-5-4-6-17(13-16)24-2/h4-10,13,20H,3,11-12H2,1-2H3,(H,21,22). The number of hydrogen-bond acceptors (Lipinski definition) is 5. The summed E-state index contributed by atoms with van der Waals surface area (Å²) >= 11 is 0. The average molecular weight is 342 g/mol. The largest absolute Gasteiger partial charge is 0.497 e. The van der Waals surface area contributed by atoms with Crippen molar-refractivity contribution in [2.75, 3.05) is 30.9 Å². The monoisotopic (exact) mass is 342 g/mol. The molecule has 0 saturated carbocycles. The quantitative estimate of drug-likeness (QED) is 0.720. The highest BCUT2D eigenvalue weighted by molar-refractivity contribution is 5.91. The number of esters is 1. The maximum Gasteiger partial charge on any atom is 0.338 e. The number of nitrogens with one attached hydrogen (secondary N) is 2. The first-order valence-corrected chi connectivity index (χ1v) is 8.07. The van der Waals surface area contributed by atoms with Crippen molar-refractivity contribution in [1.82, 2.24) is 0 Å². The SMILES string of the molecule is CCOC(=O)c1ccc(NCCC(=O)Nc2cccc(OC)c2)cc1. The van der Waals surface area contributed by atoms with Crippen molar-refractivity contribution in [2.45, 2.75) is 13.3 Å². The van der Waals surface area contributed by atoms with E-state index >= 15 is 0 Å². The van der Waals surface area contributed by atoms with E-state index in [2.05, 4.69) is 10.6 Å². The molecule has 0 saturated heterocycles. The lowest BCUT2D eigenvalue weighted by Gasteiger charge is -2.09. The Morgan fingerprint density at radius 2 is 1.80 bits per heavy atom. The first-order chi connectivity index (χ1) is 12.1. The van der Waals surface area contributed by atoms with Gasteiger partial charge in [-0.2, -0.15) is 0 Å². The molecule has 0 radical (unpaired) electrons. The highest BCUT2D eigenvalue weighted by Crippen LogP contribution is 2.17. The van der Waals surface area contributed by atoms with Gasteiger partial charge < -0.3 is 20.1 Å². The van der Waals surface area contributed by atoms with Gasteiger partial charge in [-0.25, -0.2) is 4.79 Å². The second kappa shape index (κ2) is 9.32. The zero-order chi connectivity index (χ0) is 18.1. The molecule has 6 nitrogen and oxygen atoms in total. The van der Waals surface area contributed by atoms with Crippen molar-refractivity contribution < 1.29 is 19.1 Å². The second-order valence-corrected chi connectivity index (χ2v) is 5.25. The minimum absolute atomic E-state index is 0.0936. The Hall–Kier alpha value is -3.02. The molecular weight excluding hydrogens is 320 g/mol. The molecule has 6 heteroatoms. The number of amides is 1. The molecule has 0 aliphatic heterocycles. The van der Waals surface area contributed by atoms with Gasteiger partial charge in [0.25, 0.3) is 0 Å². The van der Waals surface area contributed by atoms with Crippen LogP contribution < -0.4 is 15.4 Å². The zero-order valence-corrected chi connectivity index (χ0v) is 14.4. The zero-order valence-electron chi connectivity index (χ0n) is 14.4. The maximum absolute atomic E-state index is 12.0. The van der Waals surface area contributed by atoms with Crippen LogP contribution in [0.3, 0.4) is 0 Å². The molecule has 0 bridgehead atoms. The fourth-order valence-electron chi connectivity index (χ4n) is 2.18. The Bertz CT molecular complexity index is 714. The van der Waals surface area contributed by atoms with Crippen LogP contribution in [-0.4, -0.2) is 32.1 Å². The third kappa shape index (κ3) is 5.84. The third-order valence-corrected chi connectivity index (χ3v) is 3.43. The minimum atomic E-state index is -0.341. The summed E-state index contributed by atoms with van der Waals surface area (Å²) < 4.78 is 10.1. The summed E-state index contributed by atoms with van der Waals surface area (Å²) in [5.74, 6) is 0.258. The van der Waals surface area contributed by atoms with Gasteiger partial charge in [-0.05, 0) is 43.3 Å². The van der Waals surface area contributed by atoms with Crippen molar-refractivity contribution >= 4 is 23.3 Å². The van der Waals surface area contributed by atoms with Gasteiger partial charge in [0.1, 0.15) is 5.75 Å². The van der Waals surface area contributed by atoms with Crippen LogP contribution in [0.2, 0.25) is 0 Å². The molecule has 132 valence electrons. The first-order valence-electron chi connectivity index (χ1n) is 8.07. The molecule has 0 heterocycles. The normalized spacial score (nSPS) is 10.0. The summed E-state index contributed by atoms with van der Waals surface area (Å²) in [5.41, 5.74) is 2.04. The second-order valence-electron chi connectivity index (χ2n) is 5.25. The van der Waals surface area contributed by atoms with Gasteiger partial charge in [0.15, 0.2) is 0 Å². The molecule has 0 aliphatic carbocycles. The van der Waals surface area contributed by atoms with Crippen molar-refractivity contribution in [3.8, 4) is 5.75 Å². The number of anilines is 2. The smallest absolute Gasteiger partial charge is 0.338 e. The van der Waals surface area contributed by atoms with Crippen LogP contribution in [0.25, 0.3) is 0 Å². The van der Waals surface area contributed by atoms with E-state index in [1.54, 1.807) is 44.4 Å². The summed E-state index contributed by atoms with van der Waals surface area (Å²) in [6.45, 7) is 2.60. The number of carbonyl (C=O) groups excluding carboxylic acids is 2. The molecule has 0 unspecified atom stereocenters. The van der Waals surface area contributed by atoms with Gasteiger partial charge in [-0.15, -0.1) is 0 Å². The molecule has 2 N–H and O–H groups in total. The van der Waals surface area contributed by atoms with E-state index in [-0.39, 0.29) is 11.9 Å². The van der Waals surface area contributed by atoms with Crippen LogP contribution in [-0.2, 0) is 9.53 Å². The maximum atomic E-state index is 12.0. The van der Waals surface area contributed by atoms with Crippen LogP contribution in [0.1, 0.15) is 23.7 Å². The number of ether oxygens (including phenoxy) is 2. The van der Waals surface area contributed by atoms with Crippen LogP contribution in [0.15, 0.2) is 48.5 Å². The van der Waals surface area contributed by atoms with E-state index in [4.69, 9.17) is 9.47 Å². The Balaban J connectivity index is 1.78. The van der Waals surface area contributed by atoms with Crippen LogP contribution in [0, 0.1) is 0 Å². The molecule has 25 heavy (non-hydrogen) atoms. The van der Waals surface area contributed by atoms with Crippen LogP contribution >= 0.6 is 0 Å². The number of rotatable bonds is 8. The highest BCUT2D eigenvalue weighted by Gasteiger charge is 2.06. The van der Waals surface area contributed by atoms with E-state index in [1.165, 1.54) is 0 Å². The van der Waals surface area contributed by atoms with E-state index < -0.39 is 0 Å². The van der Waals surface area contributed by atoms with Gasteiger partial charge in [-0.1, -0.05) is 6.07 Å². The van der Waals surface area contributed by atoms with Crippen molar-refractivity contribution in [3.63, 3.8) is 0 Å². The lowest BCUT2D eigenvalue weighted by atomic mass is 10.2. The Kier molecular flexibility index (Phi) is 6.83. The Morgan fingerprint density at radius 3 is 2.48 bits per heavy atom. The first kappa shape index (κ1) is 18.3. The fourth-order valence-corrected chi connectivity index (χ4v) is 2.18. The summed E-state index contributed by atoms with van der Waals surface area (Å²) in [7, 11) is 1.58. The molecule has 0 spiro atoms. The van der Waals surface area contributed by atoms with E-state index in [9.17, 15) is 9.59 Å². The molecule has 0 aromatic heterocycles. The van der Waals surface area contributed by atoms with Gasteiger partial charge in [-0.3, -0.25) is 4.79 Å². The predicted molar refractivity (Wildman–Crippen MR) is 97.1 cm³/mol. The molecule has 2 rings (SSSR count). The number of methoxy groups -OCH3 is 1. The van der Waals surface area contributed by atoms with Gasteiger partial charge in [0, 0.05) is 30.4 Å². The third-order valence-electron chi connectivity index (χ3n) is 3.43. The molecule has 1 amide bonds. The van der Waals surface area contributed by atoms with Crippen LogP contribution in [0.4, 0.5) is 11.4 Å². The summed E-state index contributed by atoms with van der Waals surface area (Å²) in [6, 6.07) is 14.2. The van der Waals surface area contributed by atoms with E-state index in [0.717, 1.165) is 5.69 Å². The number of hydrogen-bond donors (Lipinski definition) is 2. The highest BCUT2D eigenvalue weighted by atomic mass is 16.5. The molecule has 0 fully saturated rings. The predicted octanol–water partition coefficient (Wildman–Crippen LogP) is 3.31.